The molecule has 4 nitrogen and oxygen atoms in total. The zero-order chi connectivity index (χ0) is 22.4. The summed E-state index contributed by atoms with van der Waals surface area (Å²) >= 11 is 2.22. The molecule has 0 amide bonds. The summed E-state index contributed by atoms with van der Waals surface area (Å²) in [6.45, 7) is 7.32. The number of aliphatic hydroxyl groups is 1. The van der Waals surface area contributed by atoms with Crippen molar-refractivity contribution in [1.29, 1.82) is 0 Å². The molecule has 3 saturated carbocycles. The first kappa shape index (κ1) is 24.2. The van der Waals surface area contributed by atoms with Gasteiger partial charge in [-0.05, 0) is 97.9 Å². The number of methoxy groups -OCH3 is 1. The van der Waals surface area contributed by atoms with Gasteiger partial charge in [-0.2, -0.15) is 0 Å². The quantitative estimate of drug-likeness (QED) is 0.210. The monoisotopic (exact) mass is 562 g/mol. The zero-order valence-electron chi connectivity index (χ0n) is 19.4. The lowest BCUT2D eigenvalue weighted by Gasteiger charge is -2.59. The lowest BCUT2D eigenvalue weighted by atomic mass is 9.46. The van der Waals surface area contributed by atoms with Gasteiger partial charge in [0.2, 0.25) is 0 Å². The molecule has 0 spiro atoms. The standard InChI is InChI=1S/C25H39IO4S/c1-15(5-8-22(28)29-4)18-6-7-19-23-20(10-12-25(18,19)3)24(2)11-9-17(30-31-26)13-16(24)14-21(23)27/h14-20,23,27H,5-13H2,1-4H3/t15-,16+,17-,18?,19?,20?,23+,24+,25-/m1/s1. The second-order valence-electron chi connectivity index (χ2n) is 11.3. The Balaban J connectivity index is 1.54. The van der Waals surface area contributed by atoms with E-state index in [1.54, 1.807) is 0 Å². The Morgan fingerprint density at radius 3 is 2.65 bits per heavy atom. The van der Waals surface area contributed by atoms with Crippen LogP contribution in [-0.4, -0.2) is 24.3 Å². The van der Waals surface area contributed by atoms with Crippen molar-refractivity contribution in [2.24, 2.45) is 46.3 Å². The van der Waals surface area contributed by atoms with Crippen LogP contribution in [0, 0.1) is 46.3 Å². The molecule has 4 aliphatic carbocycles. The van der Waals surface area contributed by atoms with Gasteiger partial charge in [-0.25, -0.2) is 0 Å². The van der Waals surface area contributed by atoms with Crippen LogP contribution in [0.5, 0.6) is 0 Å². The van der Waals surface area contributed by atoms with Gasteiger partial charge in [0.1, 0.15) is 0 Å². The molecule has 0 saturated heterocycles. The van der Waals surface area contributed by atoms with Crippen LogP contribution in [0.25, 0.3) is 0 Å². The summed E-state index contributed by atoms with van der Waals surface area (Å²) in [7, 11) is 2.93. The highest BCUT2D eigenvalue weighted by atomic mass is 127. The Labute approximate surface area is 204 Å². The van der Waals surface area contributed by atoms with Crippen LogP contribution in [-0.2, 0) is 13.7 Å². The number of hydrogen-bond donors (Lipinski definition) is 1. The molecule has 6 heteroatoms. The Morgan fingerprint density at radius 2 is 1.94 bits per heavy atom. The Kier molecular flexibility index (Phi) is 7.30. The zero-order valence-corrected chi connectivity index (χ0v) is 22.4. The Bertz CT molecular complexity index is 714. The Morgan fingerprint density at radius 1 is 1.23 bits per heavy atom. The van der Waals surface area contributed by atoms with Gasteiger partial charge >= 0.3 is 5.97 Å². The van der Waals surface area contributed by atoms with E-state index in [1.807, 2.05) is 0 Å². The average molecular weight is 563 g/mol. The normalized spacial score (nSPS) is 45.1. The maximum absolute atomic E-state index is 11.7. The highest BCUT2D eigenvalue weighted by molar-refractivity contribution is 14.2. The summed E-state index contributed by atoms with van der Waals surface area (Å²) in [5.74, 6) is 3.61. The van der Waals surface area contributed by atoms with E-state index in [-0.39, 0.29) is 16.8 Å². The number of hydrogen-bond acceptors (Lipinski definition) is 5. The smallest absolute Gasteiger partial charge is 0.305 e. The fourth-order valence-electron chi connectivity index (χ4n) is 8.42. The number of fused-ring (bicyclic) bond motifs is 5. The molecule has 1 N–H and O–H groups in total. The van der Waals surface area contributed by atoms with E-state index in [1.165, 1.54) is 48.4 Å². The second kappa shape index (κ2) is 9.36. The minimum atomic E-state index is -0.0948. The molecule has 0 heterocycles. The molecular weight excluding hydrogens is 523 g/mol. The van der Waals surface area contributed by atoms with Gasteiger partial charge in [-0.1, -0.05) is 20.8 Å². The maximum Gasteiger partial charge on any atom is 0.305 e. The molecular formula is C25H39IO4S. The molecule has 0 bridgehead atoms. The molecule has 31 heavy (non-hydrogen) atoms. The summed E-state index contributed by atoms with van der Waals surface area (Å²) in [5.41, 5.74) is 0.544. The molecule has 3 fully saturated rings. The number of ether oxygens (including phenoxy) is 1. The lowest BCUT2D eigenvalue weighted by molar-refractivity contribution is -0.141. The summed E-state index contributed by atoms with van der Waals surface area (Å²) in [4.78, 5) is 11.7. The molecule has 3 unspecified atom stereocenters. The fourth-order valence-corrected chi connectivity index (χ4v) is 9.58. The van der Waals surface area contributed by atoms with Crippen LogP contribution in [0.4, 0.5) is 0 Å². The third-order valence-corrected chi connectivity index (χ3v) is 11.1. The summed E-state index contributed by atoms with van der Waals surface area (Å²) < 4.78 is 10.8. The van der Waals surface area contributed by atoms with Gasteiger partial charge in [0.05, 0.1) is 28.2 Å². The van der Waals surface area contributed by atoms with Crippen molar-refractivity contribution in [3.8, 4) is 0 Å². The minimum absolute atomic E-state index is 0.0948. The van der Waals surface area contributed by atoms with Crippen molar-refractivity contribution in [2.75, 3.05) is 7.11 Å². The van der Waals surface area contributed by atoms with E-state index in [2.05, 4.69) is 48.1 Å². The largest absolute Gasteiger partial charge is 0.512 e. The van der Waals surface area contributed by atoms with E-state index >= 15 is 0 Å². The first-order valence-corrected chi connectivity index (χ1v) is 15.4. The third kappa shape index (κ3) is 4.20. The van der Waals surface area contributed by atoms with Crippen molar-refractivity contribution in [3.63, 3.8) is 0 Å². The molecule has 0 aliphatic heterocycles. The van der Waals surface area contributed by atoms with Gasteiger partial charge in [0.25, 0.3) is 0 Å². The van der Waals surface area contributed by atoms with Crippen molar-refractivity contribution in [1.82, 2.24) is 0 Å². The molecule has 9 atom stereocenters. The first-order valence-electron chi connectivity index (χ1n) is 12.2. The number of carbonyl (C=O) groups is 1. The van der Waals surface area contributed by atoms with E-state index in [4.69, 9.17) is 8.92 Å². The average Bonchev–Trinajstić information content (AvgIpc) is 3.10. The summed E-state index contributed by atoms with van der Waals surface area (Å²) in [5, 5.41) is 11.3. The highest BCUT2D eigenvalue weighted by Crippen LogP contribution is 2.68. The van der Waals surface area contributed by atoms with Crippen LogP contribution in [0.2, 0.25) is 0 Å². The van der Waals surface area contributed by atoms with Gasteiger partial charge < -0.3 is 14.0 Å². The van der Waals surface area contributed by atoms with Crippen LogP contribution in [0.1, 0.15) is 78.6 Å². The van der Waals surface area contributed by atoms with Gasteiger partial charge in [-0.3, -0.25) is 4.79 Å². The lowest BCUT2D eigenvalue weighted by Crippen LogP contribution is -2.54. The van der Waals surface area contributed by atoms with E-state index in [0.717, 1.165) is 19.3 Å². The summed E-state index contributed by atoms with van der Waals surface area (Å²) in [6, 6.07) is 0. The number of carbonyl (C=O) groups excluding carboxylic acids is 1. The minimum Gasteiger partial charge on any atom is -0.512 e. The predicted octanol–water partition coefficient (Wildman–Crippen LogP) is 7.28. The molecule has 0 aromatic heterocycles. The number of rotatable bonds is 6. The molecule has 0 aromatic carbocycles. The van der Waals surface area contributed by atoms with Gasteiger partial charge in [-0.15, -0.1) is 0 Å². The maximum atomic E-state index is 11.7. The van der Waals surface area contributed by atoms with Crippen molar-refractivity contribution in [2.45, 2.75) is 84.7 Å². The molecule has 4 rings (SSSR count). The third-order valence-electron chi connectivity index (χ3n) is 10.2. The highest BCUT2D eigenvalue weighted by Gasteiger charge is 2.61. The van der Waals surface area contributed by atoms with Crippen LogP contribution >= 0.6 is 30.4 Å². The molecule has 0 radical (unpaired) electrons. The molecule has 176 valence electrons. The number of esters is 1. The van der Waals surface area contributed by atoms with Crippen molar-refractivity contribution >= 4 is 36.4 Å². The second-order valence-corrected chi connectivity index (χ2v) is 12.7. The topological polar surface area (TPSA) is 55.8 Å². The predicted molar refractivity (Wildman–Crippen MR) is 134 cm³/mol. The first-order chi connectivity index (χ1) is 14.7. The SMILES string of the molecule is COC(=O)CC[C@@H](C)C1CCC2[C@@H]3C(O)=C[C@@H]4C[C@H](OSI)CC[C@]4(C)C3CC[C@@]21C. The van der Waals surface area contributed by atoms with Gasteiger partial charge in [0, 0.05) is 33.5 Å². The van der Waals surface area contributed by atoms with Gasteiger partial charge in [0.15, 0.2) is 0 Å². The van der Waals surface area contributed by atoms with Crippen LogP contribution in [0.15, 0.2) is 11.8 Å². The van der Waals surface area contributed by atoms with Crippen molar-refractivity contribution < 1.29 is 18.8 Å². The molecule has 4 aliphatic rings. The molecule has 0 aromatic rings. The van der Waals surface area contributed by atoms with E-state index < -0.39 is 0 Å². The Hall–Kier alpha value is 0.0500. The van der Waals surface area contributed by atoms with E-state index in [9.17, 15) is 9.90 Å². The fraction of sp³-hybridized carbons (Fsp3) is 0.880. The number of allylic oxidation sites excluding steroid dienone is 2. The van der Waals surface area contributed by atoms with Crippen molar-refractivity contribution in [3.05, 3.63) is 11.8 Å². The van der Waals surface area contributed by atoms with Crippen LogP contribution in [0.3, 0.4) is 0 Å². The summed E-state index contributed by atoms with van der Waals surface area (Å²) in [6.07, 6.45) is 12.2. The number of aliphatic hydroxyl groups excluding tert-OH is 1. The van der Waals surface area contributed by atoms with Crippen LogP contribution < -0.4 is 0 Å². The van der Waals surface area contributed by atoms with E-state index in [0.29, 0.717) is 53.8 Å². The number of halogens is 1.